The standard InChI is InChI=1S/C11H17N3O2/c1-15-8-7-13-11(14-12)9-16-10-5-3-2-4-6-10/h2-6H,7-9,12H2,1H3,(H,13,14). The number of nitrogens with two attached hydrogens (primary N) is 1. The van der Waals surface area contributed by atoms with E-state index >= 15 is 0 Å². The number of para-hydroxylation sites is 1. The summed E-state index contributed by atoms with van der Waals surface area (Å²) in [6.07, 6.45) is 0. The zero-order valence-corrected chi connectivity index (χ0v) is 9.35. The summed E-state index contributed by atoms with van der Waals surface area (Å²) >= 11 is 0. The molecular formula is C11H17N3O2. The number of methoxy groups -OCH3 is 1. The number of amidine groups is 1. The second-order valence-corrected chi connectivity index (χ2v) is 3.07. The lowest BCUT2D eigenvalue weighted by Crippen LogP contribution is -2.35. The first kappa shape index (κ1) is 12.5. The number of benzene rings is 1. The van der Waals surface area contributed by atoms with E-state index in [2.05, 4.69) is 10.4 Å². The molecule has 0 aromatic heterocycles. The van der Waals surface area contributed by atoms with Crippen LogP contribution in [0.3, 0.4) is 0 Å². The Morgan fingerprint density at radius 1 is 1.38 bits per heavy atom. The molecular weight excluding hydrogens is 206 g/mol. The predicted octanol–water partition coefficient (Wildman–Crippen LogP) is 0.574. The second kappa shape index (κ2) is 7.67. The van der Waals surface area contributed by atoms with Gasteiger partial charge in [0, 0.05) is 7.11 Å². The van der Waals surface area contributed by atoms with Crippen LogP contribution in [0.4, 0.5) is 0 Å². The van der Waals surface area contributed by atoms with Crippen molar-refractivity contribution in [1.82, 2.24) is 5.43 Å². The Kier molecular flexibility index (Phi) is 5.98. The molecule has 0 unspecified atom stereocenters. The molecule has 16 heavy (non-hydrogen) atoms. The summed E-state index contributed by atoms with van der Waals surface area (Å²) in [4.78, 5) is 4.18. The van der Waals surface area contributed by atoms with Crippen molar-refractivity contribution in [3.63, 3.8) is 0 Å². The maximum Gasteiger partial charge on any atom is 0.149 e. The van der Waals surface area contributed by atoms with Crippen LogP contribution in [-0.2, 0) is 4.74 Å². The second-order valence-electron chi connectivity index (χ2n) is 3.07. The van der Waals surface area contributed by atoms with Gasteiger partial charge in [-0.25, -0.2) is 5.84 Å². The normalized spacial score (nSPS) is 11.2. The van der Waals surface area contributed by atoms with E-state index in [1.165, 1.54) is 0 Å². The third-order valence-electron chi connectivity index (χ3n) is 1.88. The number of aliphatic imine (C=N–C) groups is 1. The van der Waals surface area contributed by atoms with E-state index in [0.717, 1.165) is 5.75 Å². The summed E-state index contributed by atoms with van der Waals surface area (Å²) in [5.41, 5.74) is 2.50. The molecule has 5 heteroatoms. The van der Waals surface area contributed by atoms with Crippen molar-refractivity contribution in [2.45, 2.75) is 0 Å². The van der Waals surface area contributed by atoms with Gasteiger partial charge in [-0.1, -0.05) is 18.2 Å². The summed E-state index contributed by atoms with van der Waals surface area (Å²) in [7, 11) is 1.63. The van der Waals surface area contributed by atoms with Crippen LogP contribution >= 0.6 is 0 Å². The Labute approximate surface area is 95.2 Å². The van der Waals surface area contributed by atoms with Gasteiger partial charge in [-0.05, 0) is 12.1 Å². The highest BCUT2D eigenvalue weighted by molar-refractivity contribution is 5.83. The van der Waals surface area contributed by atoms with E-state index in [-0.39, 0.29) is 0 Å². The van der Waals surface area contributed by atoms with E-state index in [0.29, 0.717) is 25.6 Å². The number of hydrogen-bond acceptors (Lipinski definition) is 4. The number of hydrogen-bond donors (Lipinski definition) is 2. The van der Waals surface area contributed by atoms with Crippen LogP contribution in [0.2, 0.25) is 0 Å². The molecule has 0 aliphatic rings. The minimum atomic E-state index is 0.324. The smallest absolute Gasteiger partial charge is 0.149 e. The van der Waals surface area contributed by atoms with Crippen molar-refractivity contribution in [2.75, 3.05) is 26.9 Å². The summed E-state index contributed by atoms with van der Waals surface area (Å²) < 4.78 is 10.4. The van der Waals surface area contributed by atoms with E-state index in [9.17, 15) is 0 Å². The van der Waals surface area contributed by atoms with E-state index in [4.69, 9.17) is 15.3 Å². The van der Waals surface area contributed by atoms with Crippen LogP contribution in [0.1, 0.15) is 0 Å². The molecule has 88 valence electrons. The highest BCUT2D eigenvalue weighted by Crippen LogP contribution is 2.07. The quantitative estimate of drug-likeness (QED) is 0.243. The lowest BCUT2D eigenvalue weighted by molar-refractivity contribution is 0.207. The first-order chi connectivity index (χ1) is 7.86. The molecule has 1 aromatic carbocycles. The highest BCUT2D eigenvalue weighted by atomic mass is 16.5. The molecule has 0 amide bonds. The molecule has 0 fully saturated rings. The van der Waals surface area contributed by atoms with E-state index < -0.39 is 0 Å². The van der Waals surface area contributed by atoms with Crippen LogP contribution in [0.25, 0.3) is 0 Å². The summed E-state index contributed by atoms with van der Waals surface area (Å²) in [5.74, 6) is 6.70. The highest BCUT2D eigenvalue weighted by Gasteiger charge is 1.97. The molecule has 0 aliphatic heterocycles. The minimum Gasteiger partial charge on any atom is -0.486 e. The lowest BCUT2D eigenvalue weighted by atomic mass is 10.3. The van der Waals surface area contributed by atoms with Crippen LogP contribution in [-0.4, -0.2) is 32.7 Å². The fraction of sp³-hybridized carbons (Fsp3) is 0.364. The van der Waals surface area contributed by atoms with Crippen molar-refractivity contribution in [1.29, 1.82) is 0 Å². The average molecular weight is 223 g/mol. The summed E-state index contributed by atoms with van der Waals surface area (Å²) in [6, 6.07) is 9.51. The molecule has 1 rings (SSSR count). The molecule has 0 spiro atoms. The predicted molar refractivity (Wildman–Crippen MR) is 63.4 cm³/mol. The topological polar surface area (TPSA) is 68.9 Å². The van der Waals surface area contributed by atoms with Crippen molar-refractivity contribution in [2.24, 2.45) is 10.8 Å². The fourth-order valence-electron chi connectivity index (χ4n) is 1.07. The Morgan fingerprint density at radius 3 is 2.75 bits per heavy atom. The first-order valence-electron chi connectivity index (χ1n) is 5.03. The molecule has 0 aliphatic carbocycles. The molecule has 0 atom stereocenters. The van der Waals surface area contributed by atoms with Crippen molar-refractivity contribution in [3.05, 3.63) is 30.3 Å². The Hall–Kier alpha value is -1.59. The van der Waals surface area contributed by atoms with Gasteiger partial charge in [-0.15, -0.1) is 0 Å². The van der Waals surface area contributed by atoms with Crippen molar-refractivity contribution < 1.29 is 9.47 Å². The average Bonchev–Trinajstić information content (AvgIpc) is 2.35. The Bertz CT molecular complexity index is 314. The van der Waals surface area contributed by atoms with Crippen molar-refractivity contribution in [3.8, 4) is 5.75 Å². The molecule has 0 saturated heterocycles. The minimum absolute atomic E-state index is 0.324. The van der Waals surface area contributed by atoms with Gasteiger partial charge < -0.3 is 14.9 Å². The van der Waals surface area contributed by atoms with Gasteiger partial charge in [0.2, 0.25) is 0 Å². The van der Waals surface area contributed by atoms with Gasteiger partial charge in [0.25, 0.3) is 0 Å². The maximum absolute atomic E-state index is 5.48. The fourth-order valence-corrected chi connectivity index (χ4v) is 1.07. The number of rotatable bonds is 6. The Morgan fingerprint density at radius 2 is 2.12 bits per heavy atom. The number of nitrogens with zero attached hydrogens (tertiary/aromatic N) is 1. The van der Waals surface area contributed by atoms with Crippen molar-refractivity contribution >= 4 is 5.84 Å². The van der Waals surface area contributed by atoms with Gasteiger partial charge in [-0.2, -0.15) is 0 Å². The van der Waals surface area contributed by atoms with Crippen LogP contribution < -0.4 is 16.0 Å². The summed E-state index contributed by atoms with van der Waals surface area (Å²) in [5, 5.41) is 0. The lowest BCUT2D eigenvalue weighted by Gasteiger charge is -2.08. The maximum atomic E-state index is 5.48. The van der Waals surface area contributed by atoms with Gasteiger partial charge in [0.05, 0.1) is 13.2 Å². The molecule has 0 radical (unpaired) electrons. The zero-order chi connectivity index (χ0) is 11.6. The summed E-state index contributed by atoms with van der Waals surface area (Å²) in [6.45, 7) is 1.45. The van der Waals surface area contributed by atoms with Gasteiger partial charge in [0.1, 0.15) is 18.2 Å². The number of nitrogens with one attached hydrogen (secondary N) is 1. The van der Waals surface area contributed by atoms with Gasteiger partial charge in [-0.3, -0.25) is 4.99 Å². The van der Waals surface area contributed by atoms with Crippen LogP contribution in [0.5, 0.6) is 5.75 Å². The van der Waals surface area contributed by atoms with Crippen LogP contribution in [0, 0.1) is 0 Å². The van der Waals surface area contributed by atoms with E-state index in [1.807, 2.05) is 30.3 Å². The molecule has 3 N–H and O–H groups in total. The monoisotopic (exact) mass is 223 g/mol. The number of ether oxygens (including phenoxy) is 2. The number of hydrazine groups is 1. The third kappa shape index (κ3) is 4.77. The van der Waals surface area contributed by atoms with Gasteiger partial charge >= 0.3 is 0 Å². The molecule has 0 saturated carbocycles. The molecule has 0 heterocycles. The first-order valence-corrected chi connectivity index (χ1v) is 5.03. The molecule has 0 bridgehead atoms. The van der Waals surface area contributed by atoms with E-state index in [1.54, 1.807) is 7.11 Å². The molecule has 5 nitrogen and oxygen atoms in total. The molecule has 1 aromatic rings. The largest absolute Gasteiger partial charge is 0.486 e. The van der Waals surface area contributed by atoms with Crippen LogP contribution in [0.15, 0.2) is 35.3 Å². The Balaban J connectivity index is 2.36. The third-order valence-corrected chi connectivity index (χ3v) is 1.88. The zero-order valence-electron chi connectivity index (χ0n) is 9.35. The van der Waals surface area contributed by atoms with Gasteiger partial charge in [0.15, 0.2) is 0 Å². The SMILES string of the molecule is COCCN=C(COc1ccccc1)NN.